The molecule has 0 aliphatic rings. The molecule has 0 radical (unpaired) electrons. The molecule has 0 N–H and O–H groups in total. The van der Waals surface area contributed by atoms with Crippen LogP contribution in [0.3, 0.4) is 0 Å². The zero-order chi connectivity index (χ0) is 10.3. The standard InChI is InChI=1S/C9H4ClN3OS/c10-9-12-5-1-4-15-7(5)6(13-9)8-11-2-3-14-8/h1-4H. The summed E-state index contributed by atoms with van der Waals surface area (Å²) in [5, 5.41) is 2.14. The number of thiophene rings is 1. The minimum atomic E-state index is 0.203. The fourth-order valence-corrected chi connectivity index (χ4v) is 2.31. The molecule has 0 aromatic carbocycles. The van der Waals surface area contributed by atoms with Crippen molar-refractivity contribution in [3.05, 3.63) is 29.2 Å². The molecule has 0 unspecified atom stereocenters. The van der Waals surface area contributed by atoms with Gasteiger partial charge in [-0.15, -0.1) is 11.3 Å². The van der Waals surface area contributed by atoms with Crippen molar-refractivity contribution < 1.29 is 4.42 Å². The topological polar surface area (TPSA) is 51.8 Å². The van der Waals surface area contributed by atoms with Gasteiger partial charge in [0.1, 0.15) is 12.0 Å². The molecule has 3 rings (SSSR count). The molecular weight excluding hydrogens is 234 g/mol. The minimum Gasteiger partial charge on any atom is -0.443 e. The number of oxazole rings is 1. The number of halogens is 1. The summed E-state index contributed by atoms with van der Waals surface area (Å²) in [6.45, 7) is 0. The lowest BCUT2D eigenvalue weighted by molar-refractivity contribution is 0.573. The van der Waals surface area contributed by atoms with Crippen molar-refractivity contribution in [2.75, 3.05) is 0 Å². The van der Waals surface area contributed by atoms with Crippen LogP contribution in [-0.4, -0.2) is 15.0 Å². The molecule has 3 aromatic heterocycles. The van der Waals surface area contributed by atoms with Crippen molar-refractivity contribution in [2.24, 2.45) is 0 Å². The highest BCUT2D eigenvalue weighted by molar-refractivity contribution is 7.17. The highest BCUT2D eigenvalue weighted by Gasteiger charge is 2.13. The largest absolute Gasteiger partial charge is 0.443 e. The molecule has 0 spiro atoms. The first-order chi connectivity index (χ1) is 7.34. The molecule has 0 atom stereocenters. The first-order valence-corrected chi connectivity index (χ1v) is 5.41. The minimum absolute atomic E-state index is 0.203. The maximum Gasteiger partial charge on any atom is 0.246 e. The Kier molecular flexibility index (Phi) is 1.93. The highest BCUT2D eigenvalue weighted by Crippen LogP contribution is 2.29. The van der Waals surface area contributed by atoms with Gasteiger partial charge in [-0.3, -0.25) is 0 Å². The van der Waals surface area contributed by atoms with E-state index in [4.69, 9.17) is 16.0 Å². The summed E-state index contributed by atoms with van der Waals surface area (Å²) in [4.78, 5) is 12.3. The molecule has 0 aliphatic heterocycles. The van der Waals surface area contributed by atoms with Crippen LogP contribution in [-0.2, 0) is 0 Å². The van der Waals surface area contributed by atoms with Crippen LogP contribution in [0, 0.1) is 0 Å². The summed E-state index contributed by atoms with van der Waals surface area (Å²) >= 11 is 7.35. The van der Waals surface area contributed by atoms with Gasteiger partial charge in [-0.05, 0) is 23.0 Å². The van der Waals surface area contributed by atoms with E-state index in [1.165, 1.54) is 17.6 Å². The molecule has 3 heterocycles. The van der Waals surface area contributed by atoms with Gasteiger partial charge >= 0.3 is 0 Å². The smallest absolute Gasteiger partial charge is 0.246 e. The Hall–Kier alpha value is -1.46. The number of nitrogens with zero attached hydrogens (tertiary/aromatic N) is 3. The predicted molar refractivity (Wildman–Crippen MR) is 57.9 cm³/mol. The zero-order valence-electron chi connectivity index (χ0n) is 7.35. The second-order valence-corrected chi connectivity index (χ2v) is 4.07. The van der Waals surface area contributed by atoms with E-state index in [0.717, 1.165) is 10.2 Å². The molecule has 15 heavy (non-hydrogen) atoms. The highest BCUT2D eigenvalue weighted by atomic mass is 35.5. The lowest BCUT2D eigenvalue weighted by atomic mass is 10.3. The summed E-state index contributed by atoms with van der Waals surface area (Å²) in [5.41, 5.74) is 1.46. The van der Waals surface area contributed by atoms with Gasteiger partial charge < -0.3 is 4.42 Å². The number of hydrogen-bond donors (Lipinski definition) is 0. The summed E-state index contributed by atoms with van der Waals surface area (Å²) < 4.78 is 6.13. The van der Waals surface area contributed by atoms with E-state index in [-0.39, 0.29) is 5.28 Å². The molecule has 0 bridgehead atoms. The lowest BCUT2D eigenvalue weighted by Gasteiger charge is -1.97. The molecule has 0 saturated carbocycles. The first kappa shape index (κ1) is 8.82. The molecule has 6 heteroatoms. The number of aromatic nitrogens is 3. The Bertz CT molecular complexity index is 605. The van der Waals surface area contributed by atoms with Gasteiger partial charge in [0.15, 0.2) is 0 Å². The van der Waals surface area contributed by atoms with Crippen molar-refractivity contribution in [1.29, 1.82) is 0 Å². The average Bonchev–Trinajstić information content (AvgIpc) is 2.86. The average molecular weight is 238 g/mol. The Morgan fingerprint density at radius 1 is 1.33 bits per heavy atom. The Morgan fingerprint density at radius 2 is 2.27 bits per heavy atom. The van der Waals surface area contributed by atoms with Crippen molar-refractivity contribution in [2.45, 2.75) is 0 Å². The van der Waals surface area contributed by atoms with Gasteiger partial charge in [-0.25, -0.2) is 15.0 Å². The first-order valence-electron chi connectivity index (χ1n) is 4.15. The van der Waals surface area contributed by atoms with Gasteiger partial charge in [0.05, 0.1) is 16.4 Å². The fourth-order valence-electron chi connectivity index (χ4n) is 1.32. The second kappa shape index (κ2) is 3.29. The van der Waals surface area contributed by atoms with Crippen LogP contribution < -0.4 is 0 Å². The van der Waals surface area contributed by atoms with Crippen molar-refractivity contribution >= 4 is 33.2 Å². The summed E-state index contributed by atoms with van der Waals surface area (Å²) in [7, 11) is 0. The second-order valence-electron chi connectivity index (χ2n) is 2.81. The van der Waals surface area contributed by atoms with Crippen LogP contribution in [0.5, 0.6) is 0 Å². The molecular formula is C9H4ClN3OS. The van der Waals surface area contributed by atoms with Crippen molar-refractivity contribution in [1.82, 2.24) is 15.0 Å². The zero-order valence-corrected chi connectivity index (χ0v) is 8.92. The van der Waals surface area contributed by atoms with Gasteiger partial charge in [0.25, 0.3) is 0 Å². The van der Waals surface area contributed by atoms with Gasteiger partial charge in [0, 0.05) is 0 Å². The maximum absolute atomic E-state index is 5.81. The monoisotopic (exact) mass is 237 g/mol. The van der Waals surface area contributed by atoms with Gasteiger partial charge in [-0.1, -0.05) is 0 Å². The van der Waals surface area contributed by atoms with Crippen LogP contribution in [0.1, 0.15) is 0 Å². The third-order valence-corrected chi connectivity index (χ3v) is 2.99. The van der Waals surface area contributed by atoms with E-state index in [9.17, 15) is 0 Å². The van der Waals surface area contributed by atoms with E-state index >= 15 is 0 Å². The Morgan fingerprint density at radius 3 is 3.07 bits per heavy atom. The molecule has 0 aliphatic carbocycles. The normalized spacial score (nSPS) is 11.0. The fraction of sp³-hybridized carbons (Fsp3) is 0. The van der Waals surface area contributed by atoms with E-state index in [2.05, 4.69) is 15.0 Å². The Labute approximate surface area is 93.6 Å². The van der Waals surface area contributed by atoms with Crippen molar-refractivity contribution in [3.63, 3.8) is 0 Å². The van der Waals surface area contributed by atoms with Gasteiger partial charge in [0.2, 0.25) is 11.2 Å². The van der Waals surface area contributed by atoms with E-state index in [1.54, 1.807) is 6.20 Å². The molecule has 4 nitrogen and oxygen atoms in total. The lowest BCUT2D eigenvalue weighted by Crippen LogP contribution is -1.88. The van der Waals surface area contributed by atoms with E-state index in [0.29, 0.717) is 11.6 Å². The molecule has 0 saturated heterocycles. The third kappa shape index (κ3) is 1.40. The summed E-state index contributed by atoms with van der Waals surface area (Å²) in [6, 6.07) is 1.89. The predicted octanol–water partition coefficient (Wildman–Crippen LogP) is 3.00. The summed E-state index contributed by atoms with van der Waals surface area (Å²) in [5.74, 6) is 0.465. The quantitative estimate of drug-likeness (QED) is 0.611. The van der Waals surface area contributed by atoms with Crippen LogP contribution in [0.4, 0.5) is 0 Å². The van der Waals surface area contributed by atoms with Crippen molar-refractivity contribution in [3.8, 4) is 11.6 Å². The third-order valence-electron chi connectivity index (χ3n) is 1.91. The number of fused-ring (bicyclic) bond motifs is 1. The van der Waals surface area contributed by atoms with E-state index in [1.807, 2.05) is 11.4 Å². The number of hydrogen-bond acceptors (Lipinski definition) is 5. The summed E-state index contributed by atoms with van der Waals surface area (Å²) in [6.07, 6.45) is 3.08. The van der Waals surface area contributed by atoms with Crippen LogP contribution in [0.15, 0.2) is 28.3 Å². The van der Waals surface area contributed by atoms with Crippen LogP contribution >= 0.6 is 22.9 Å². The molecule has 0 fully saturated rings. The molecule has 74 valence electrons. The van der Waals surface area contributed by atoms with Gasteiger partial charge in [-0.2, -0.15) is 0 Å². The van der Waals surface area contributed by atoms with Crippen LogP contribution in [0.2, 0.25) is 5.28 Å². The SMILES string of the molecule is Clc1nc(-c2ncco2)c2sccc2n1. The molecule has 3 aromatic rings. The molecule has 0 amide bonds. The number of rotatable bonds is 1. The van der Waals surface area contributed by atoms with Crippen LogP contribution in [0.25, 0.3) is 21.8 Å². The van der Waals surface area contributed by atoms with E-state index < -0.39 is 0 Å². The maximum atomic E-state index is 5.81. The Balaban J connectivity index is 2.38.